The van der Waals surface area contributed by atoms with Crippen molar-refractivity contribution in [2.24, 2.45) is 11.5 Å². The van der Waals surface area contributed by atoms with Gasteiger partial charge in [0.25, 0.3) is 0 Å². The SMILES string of the molecule is C[C@](N)(C(N)=O)c1cccc(C(F)(F)F)c1.Cl. The molecular formula is C10H12ClF3N2O. The third-order valence-corrected chi connectivity index (χ3v) is 2.30. The van der Waals surface area contributed by atoms with Gasteiger partial charge in [0.1, 0.15) is 5.54 Å². The predicted molar refractivity (Wildman–Crippen MR) is 59.4 cm³/mol. The van der Waals surface area contributed by atoms with Crippen molar-refractivity contribution in [3.63, 3.8) is 0 Å². The Balaban J connectivity index is 0.00000256. The van der Waals surface area contributed by atoms with Gasteiger partial charge in [-0.05, 0) is 24.6 Å². The van der Waals surface area contributed by atoms with Crippen molar-refractivity contribution in [3.8, 4) is 0 Å². The first-order valence-corrected chi connectivity index (χ1v) is 4.42. The van der Waals surface area contributed by atoms with E-state index in [-0.39, 0.29) is 18.0 Å². The van der Waals surface area contributed by atoms with E-state index >= 15 is 0 Å². The van der Waals surface area contributed by atoms with Crippen LogP contribution in [0.15, 0.2) is 24.3 Å². The van der Waals surface area contributed by atoms with Crippen LogP contribution in [0, 0.1) is 0 Å². The van der Waals surface area contributed by atoms with Gasteiger partial charge in [-0.1, -0.05) is 12.1 Å². The highest BCUT2D eigenvalue weighted by Gasteiger charge is 2.34. The lowest BCUT2D eigenvalue weighted by Gasteiger charge is -2.21. The van der Waals surface area contributed by atoms with E-state index in [0.29, 0.717) is 0 Å². The molecule has 7 heteroatoms. The lowest BCUT2D eigenvalue weighted by Crippen LogP contribution is -2.46. The molecule has 0 unspecified atom stereocenters. The van der Waals surface area contributed by atoms with E-state index in [1.165, 1.54) is 19.1 Å². The minimum atomic E-state index is -4.47. The molecule has 0 saturated heterocycles. The Labute approximate surface area is 102 Å². The quantitative estimate of drug-likeness (QED) is 0.858. The molecule has 0 fully saturated rings. The van der Waals surface area contributed by atoms with Crippen LogP contribution in [0.4, 0.5) is 13.2 Å². The number of rotatable bonds is 2. The number of alkyl halides is 3. The van der Waals surface area contributed by atoms with Crippen molar-refractivity contribution in [1.29, 1.82) is 0 Å². The first-order valence-electron chi connectivity index (χ1n) is 4.42. The lowest BCUT2D eigenvalue weighted by molar-refractivity contribution is -0.137. The fourth-order valence-electron chi connectivity index (χ4n) is 1.16. The van der Waals surface area contributed by atoms with Crippen molar-refractivity contribution in [3.05, 3.63) is 35.4 Å². The minimum Gasteiger partial charge on any atom is -0.368 e. The van der Waals surface area contributed by atoms with Crippen LogP contribution in [-0.4, -0.2) is 5.91 Å². The largest absolute Gasteiger partial charge is 0.416 e. The monoisotopic (exact) mass is 268 g/mol. The summed E-state index contributed by atoms with van der Waals surface area (Å²) in [5, 5.41) is 0. The van der Waals surface area contributed by atoms with Gasteiger partial charge in [-0.15, -0.1) is 12.4 Å². The molecule has 0 saturated carbocycles. The zero-order valence-corrected chi connectivity index (χ0v) is 9.73. The van der Waals surface area contributed by atoms with Gasteiger partial charge in [0.15, 0.2) is 0 Å². The van der Waals surface area contributed by atoms with Crippen molar-refractivity contribution in [1.82, 2.24) is 0 Å². The van der Waals surface area contributed by atoms with Gasteiger partial charge < -0.3 is 11.5 Å². The number of primary amides is 1. The molecular weight excluding hydrogens is 257 g/mol. The molecule has 0 radical (unpaired) electrons. The van der Waals surface area contributed by atoms with E-state index < -0.39 is 23.2 Å². The van der Waals surface area contributed by atoms with Crippen LogP contribution in [0.3, 0.4) is 0 Å². The molecule has 0 heterocycles. The Kier molecular flexibility index (Phi) is 4.56. The first kappa shape index (κ1) is 15.7. The zero-order chi connectivity index (χ0) is 12.6. The summed E-state index contributed by atoms with van der Waals surface area (Å²) in [6.45, 7) is 1.27. The second kappa shape index (κ2) is 4.93. The minimum absolute atomic E-state index is 0. The third kappa shape index (κ3) is 3.34. The maximum atomic E-state index is 12.4. The van der Waals surface area contributed by atoms with Crippen LogP contribution < -0.4 is 11.5 Å². The topological polar surface area (TPSA) is 69.1 Å². The Morgan fingerprint density at radius 3 is 2.12 bits per heavy atom. The van der Waals surface area contributed by atoms with Crippen LogP contribution >= 0.6 is 12.4 Å². The Morgan fingerprint density at radius 2 is 1.71 bits per heavy atom. The summed E-state index contributed by atoms with van der Waals surface area (Å²) in [6, 6.07) is 4.25. The number of carbonyl (C=O) groups is 1. The van der Waals surface area contributed by atoms with Crippen molar-refractivity contribution >= 4 is 18.3 Å². The number of carbonyl (C=O) groups excluding carboxylic acids is 1. The summed E-state index contributed by atoms with van der Waals surface area (Å²) in [5.41, 5.74) is 8.14. The van der Waals surface area contributed by atoms with Crippen LogP contribution in [0.25, 0.3) is 0 Å². The van der Waals surface area contributed by atoms with Gasteiger partial charge in [0.05, 0.1) is 5.56 Å². The highest BCUT2D eigenvalue weighted by Crippen LogP contribution is 2.31. The number of hydrogen-bond acceptors (Lipinski definition) is 2. The molecule has 1 atom stereocenters. The van der Waals surface area contributed by atoms with Gasteiger partial charge in [-0.3, -0.25) is 4.79 Å². The molecule has 0 bridgehead atoms. The van der Waals surface area contributed by atoms with Gasteiger partial charge in [-0.25, -0.2) is 0 Å². The average Bonchev–Trinajstić information content (AvgIpc) is 2.16. The van der Waals surface area contributed by atoms with E-state index in [0.717, 1.165) is 12.1 Å². The summed E-state index contributed by atoms with van der Waals surface area (Å²) >= 11 is 0. The molecule has 0 aliphatic heterocycles. The van der Waals surface area contributed by atoms with E-state index in [1.54, 1.807) is 0 Å². The number of hydrogen-bond donors (Lipinski definition) is 2. The number of nitrogens with two attached hydrogens (primary N) is 2. The van der Waals surface area contributed by atoms with Crippen LogP contribution in [-0.2, 0) is 16.5 Å². The van der Waals surface area contributed by atoms with Crippen LogP contribution in [0.5, 0.6) is 0 Å². The standard InChI is InChI=1S/C10H11F3N2O.ClH/c1-9(15,8(14)16)6-3-2-4-7(5-6)10(11,12)13;/h2-5H,15H2,1H3,(H2,14,16);1H/t9-;/m1./s1. The summed E-state index contributed by atoms with van der Waals surface area (Å²) in [4.78, 5) is 11.0. The second-order valence-corrected chi connectivity index (χ2v) is 3.65. The molecule has 1 amide bonds. The van der Waals surface area contributed by atoms with E-state index in [2.05, 4.69) is 0 Å². The van der Waals surface area contributed by atoms with E-state index in [1.807, 2.05) is 0 Å². The molecule has 4 N–H and O–H groups in total. The number of benzene rings is 1. The molecule has 0 aliphatic rings. The highest BCUT2D eigenvalue weighted by atomic mass is 35.5. The van der Waals surface area contributed by atoms with Gasteiger partial charge in [0, 0.05) is 0 Å². The molecule has 96 valence electrons. The highest BCUT2D eigenvalue weighted by molar-refractivity contribution is 5.85. The zero-order valence-electron chi connectivity index (χ0n) is 8.91. The van der Waals surface area contributed by atoms with Crippen LogP contribution in [0.1, 0.15) is 18.1 Å². The maximum absolute atomic E-state index is 12.4. The van der Waals surface area contributed by atoms with Crippen LogP contribution in [0.2, 0.25) is 0 Å². The first-order chi connectivity index (χ1) is 7.15. The number of halogens is 4. The van der Waals surface area contributed by atoms with Gasteiger partial charge in [-0.2, -0.15) is 13.2 Å². The molecule has 0 aromatic heterocycles. The smallest absolute Gasteiger partial charge is 0.368 e. The Bertz CT molecular complexity index is 418. The lowest BCUT2D eigenvalue weighted by atomic mass is 9.91. The molecule has 0 spiro atoms. The Hall–Kier alpha value is -1.27. The fourth-order valence-corrected chi connectivity index (χ4v) is 1.16. The van der Waals surface area contributed by atoms with Gasteiger partial charge >= 0.3 is 6.18 Å². The molecule has 1 aromatic carbocycles. The average molecular weight is 269 g/mol. The molecule has 0 aliphatic carbocycles. The summed E-state index contributed by atoms with van der Waals surface area (Å²) in [7, 11) is 0. The van der Waals surface area contributed by atoms with Crippen molar-refractivity contribution in [2.45, 2.75) is 18.6 Å². The second-order valence-electron chi connectivity index (χ2n) is 3.65. The summed E-state index contributed by atoms with van der Waals surface area (Å²) < 4.78 is 37.2. The van der Waals surface area contributed by atoms with Gasteiger partial charge in [0.2, 0.25) is 5.91 Å². The molecule has 3 nitrogen and oxygen atoms in total. The molecule has 17 heavy (non-hydrogen) atoms. The van der Waals surface area contributed by atoms with E-state index in [9.17, 15) is 18.0 Å². The Morgan fingerprint density at radius 1 is 1.24 bits per heavy atom. The number of amides is 1. The molecule has 1 aromatic rings. The predicted octanol–water partition coefficient (Wildman–Crippen LogP) is 1.79. The normalized spacial score (nSPS) is 14.6. The van der Waals surface area contributed by atoms with Crippen molar-refractivity contribution < 1.29 is 18.0 Å². The summed E-state index contributed by atoms with van der Waals surface area (Å²) in [6.07, 6.45) is -4.47. The van der Waals surface area contributed by atoms with Crippen molar-refractivity contribution in [2.75, 3.05) is 0 Å². The summed E-state index contributed by atoms with van der Waals surface area (Å²) in [5.74, 6) is -0.883. The maximum Gasteiger partial charge on any atom is 0.416 e. The van der Waals surface area contributed by atoms with E-state index in [4.69, 9.17) is 11.5 Å². The fraction of sp³-hybridized carbons (Fsp3) is 0.300. The third-order valence-electron chi connectivity index (χ3n) is 2.30. The molecule has 1 rings (SSSR count).